The van der Waals surface area contributed by atoms with E-state index in [-0.39, 0.29) is 42.6 Å². The molecule has 0 bridgehead atoms. The Morgan fingerprint density at radius 3 is 2.77 bits per heavy atom. The van der Waals surface area contributed by atoms with Crippen LogP contribution in [-0.2, 0) is 25.6 Å². The van der Waals surface area contributed by atoms with Gasteiger partial charge in [0.15, 0.2) is 0 Å². The normalized spacial score (nSPS) is 27.8. The van der Waals surface area contributed by atoms with Gasteiger partial charge in [0.2, 0.25) is 23.6 Å². The molecule has 0 radical (unpaired) electrons. The van der Waals surface area contributed by atoms with Crippen molar-refractivity contribution in [2.45, 2.75) is 50.4 Å². The van der Waals surface area contributed by atoms with Crippen molar-refractivity contribution in [3.63, 3.8) is 0 Å². The maximum atomic E-state index is 13.4. The molecule has 1 aromatic rings. The lowest BCUT2D eigenvalue weighted by Gasteiger charge is -2.29. The van der Waals surface area contributed by atoms with Crippen LogP contribution >= 0.6 is 0 Å². The zero-order chi connectivity index (χ0) is 21.4. The lowest BCUT2D eigenvalue weighted by Crippen LogP contribution is -2.53. The average molecular weight is 414 g/mol. The summed E-state index contributed by atoms with van der Waals surface area (Å²) in [6.07, 6.45) is 1.04. The van der Waals surface area contributed by atoms with Crippen molar-refractivity contribution < 1.29 is 23.9 Å². The molecule has 4 rings (SSSR count). The van der Waals surface area contributed by atoms with E-state index in [2.05, 4.69) is 10.6 Å². The summed E-state index contributed by atoms with van der Waals surface area (Å²) >= 11 is 0. The third kappa shape index (κ3) is 3.59. The van der Waals surface area contributed by atoms with Crippen LogP contribution in [0.4, 0.5) is 0 Å². The minimum atomic E-state index is -0.725. The number of amides is 4. The van der Waals surface area contributed by atoms with Crippen molar-refractivity contribution in [2.75, 3.05) is 20.2 Å². The Balaban J connectivity index is 1.54. The number of rotatable bonds is 4. The average Bonchev–Trinajstić information content (AvgIpc) is 3.29. The Morgan fingerprint density at radius 1 is 1.27 bits per heavy atom. The highest BCUT2D eigenvalue weighted by Gasteiger charge is 2.52. The third-order valence-electron chi connectivity index (χ3n) is 6.13. The molecule has 3 heterocycles. The van der Waals surface area contributed by atoms with Crippen LogP contribution in [0.1, 0.15) is 25.3 Å². The number of carbonyl (C=O) groups is 4. The molecular formula is C21H26N4O5. The van der Waals surface area contributed by atoms with Crippen molar-refractivity contribution in [1.82, 2.24) is 20.4 Å². The fourth-order valence-corrected chi connectivity index (χ4v) is 4.81. The topological polar surface area (TPSA) is 108 Å². The molecule has 0 aromatic heterocycles. The minimum Gasteiger partial charge on any atom is -0.496 e. The van der Waals surface area contributed by atoms with Crippen molar-refractivity contribution in [2.24, 2.45) is 0 Å². The van der Waals surface area contributed by atoms with Crippen molar-refractivity contribution in [1.29, 1.82) is 0 Å². The van der Waals surface area contributed by atoms with E-state index in [1.54, 1.807) is 18.1 Å². The molecule has 30 heavy (non-hydrogen) atoms. The van der Waals surface area contributed by atoms with Gasteiger partial charge in [0.05, 0.1) is 19.6 Å². The monoisotopic (exact) mass is 414 g/mol. The predicted octanol–water partition coefficient (Wildman–Crippen LogP) is -0.557. The maximum Gasteiger partial charge on any atom is 0.248 e. The SMILES string of the molecule is COc1ccccc1CC(=O)N1CCC2NC(=O)C3CC(NC(C)=O)CN3C(=O)C21. The standard InChI is InChI=1S/C21H26N4O5/c1-12(26)22-14-10-16-20(28)23-15-7-8-24(19(15)21(29)25(16)11-14)18(27)9-13-5-3-4-6-17(13)30-2/h3-6,14-16,19H,7-11H2,1-2H3,(H,22,26)(H,23,28). The molecule has 0 aliphatic carbocycles. The molecule has 3 fully saturated rings. The minimum absolute atomic E-state index is 0.117. The quantitative estimate of drug-likeness (QED) is 0.687. The molecule has 4 unspecified atom stereocenters. The second kappa shape index (κ2) is 7.97. The zero-order valence-electron chi connectivity index (χ0n) is 17.1. The van der Waals surface area contributed by atoms with Crippen LogP contribution in [0.15, 0.2) is 24.3 Å². The van der Waals surface area contributed by atoms with Gasteiger partial charge in [0.25, 0.3) is 0 Å². The van der Waals surface area contributed by atoms with Gasteiger partial charge < -0.3 is 25.2 Å². The third-order valence-corrected chi connectivity index (χ3v) is 6.13. The van der Waals surface area contributed by atoms with Gasteiger partial charge in [0.1, 0.15) is 17.8 Å². The van der Waals surface area contributed by atoms with Crippen LogP contribution in [0, 0.1) is 0 Å². The molecule has 9 heteroatoms. The number of nitrogens with one attached hydrogen (secondary N) is 2. The Morgan fingerprint density at radius 2 is 2.03 bits per heavy atom. The molecular weight excluding hydrogens is 388 g/mol. The number of methoxy groups -OCH3 is 1. The van der Waals surface area contributed by atoms with Gasteiger partial charge in [-0.25, -0.2) is 0 Å². The summed E-state index contributed by atoms with van der Waals surface area (Å²) in [6, 6.07) is 5.30. The highest BCUT2D eigenvalue weighted by molar-refractivity contribution is 5.97. The maximum absolute atomic E-state index is 13.4. The number of nitrogens with zero attached hydrogens (tertiary/aromatic N) is 2. The van der Waals surface area contributed by atoms with E-state index in [1.807, 2.05) is 18.2 Å². The van der Waals surface area contributed by atoms with E-state index < -0.39 is 18.1 Å². The highest BCUT2D eigenvalue weighted by Crippen LogP contribution is 2.30. The fraction of sp³-hybridized carbons (Fsp3) is 0.524. The van der Waals surface area contributed by atoms with Gasteiger partial charge in [-0.3, -0.25) is 19.2 Å². The largest absolute Gasteiger partial charge is 0.496 e. The predicted molar refractivity (Wildman–Crippen MR) is 106 cm³/mol. The van der Waals surface area contributed by atoms with Crippen LogP contribution in [0.25, 0.3) is 0 Å². The van der Waals surface area contributed by atoms with Crippen molar-refractivity contribution >= 4 is 23.6 Å². The van der Waals surface area contributed by atoms with Gasteiger partial charge in [-0.2, -0.15) is 0 Å². The zero-order valence-corrected chi connectivity index (χ0v) is 17.1. The Labute approximate surface area is 174 Å². The summed E-state index contributed by atoms with van der Waals surface area (Å²) in [5.41, 5.74) is 0.753. The van der Waals surface area contributed by atoms with Gasteiger partial charge in [-0.15, -0.1) is 0 Å². The number of likely N-dealkylation sites (tertiary alicyclic amines) is 1. The molecule has 1 aromatic carbocycles. The van der Waals surface area contributed by atoms with E-state index in [1.165, 1.54) is 11.8 Å². The lowest BCUT2D eigenvalue weighted by molar-refractivity contribution is -0.144. The highest BCUT2D eigenvalue weighted by atomic mass is 16.5. The van der Waals surface area contributed by atoms with Crippen LogP contribution in [0.3, 0.4) is 0 Å². The van der Waals surface area contributed by atoms with E-state index in [4.69, 9.17) is 4.74 Å². The van der Waals surface area contributed by atoms with E-state index >= 15 is 0 Å². The molecule has 3 aliphatic heterocycles. The van der Waals surface area contributed by atoms with E-state index in [0.717, 1.165) is 5.56 Å². The first-order chi connectivity index (χ1) is 14.4. The van der Waals surface area contributed by atoms with E-state index in [0.29, 0.717) is 25.1 Å². The lowest BCUT2D eigenvalue weighted by atomic mass is 10.1. The summed E-state index contributed by atoms with van der Waals surface area (Å²) in [4.78, 5) is 53.7. The number of ether oxygens (including phenoxy) is 1. The fourth-order valence-electron chi connectivity index (χ4n) is 4.81. The van der Waals surface area contributed by atoms with Crippen LogP contribution in [-0.4, -0.2) is 77.8 Å². The summed E-state index contributed by atoms with van der Waals surface area (Å²) in [5.74, 6) is -0.201. The number of benzene rings is 1. The molecule has 3 aliphatic rings. The smallest absolute Gasteiger partial charge is 0.248 e. The molecule has 9 nitrogen and oxygen atoms in total. The Hall–Kier alpha value is -3.10. The molecule has 0 spiro atoms. The molecule has 4 amide bonds. The Bertz CT molecular complexity index is 888. The number of para-hydroxylation sites is 1. The van der Waals surface area contributed by atoms with Gasteiger partial charge >= 0.3 is 0 Å². The molecule has 160 valence electrons. The van der Waals surface area contributed by atoms with Gasteiger partial charge in [-0.1, -0.05) is 18.2 Å². The number of hydrogen-bond acceptors (Lipinski definition) is 5. The number of hydrogen-bond donors (Lipinski definition) is 2. The van der Waals surface area contributed by atoms with E-state index in [9.17, 15) is 19.2 Å². The van der Waals surface area contributed by atoms with Crippen molar-refractivity contribution in [3.05, 3.63) is 29.8 Å². The van der Waals surface area contributed by atoms with Crippen LogP contribution in [0.5, 0.6) is 5.75 Å². The molecule has 2 N–H and O–H groups in total. The first-order valence-electron chi connectivity index (χ1n) is 10.2. The van der Waals surface area contributed by atoms with Crippen molar-refractivity contribution in [3.8, 4) is 5.75 Å². The first kappa shape index (κ1) is 20.2. The number of fused-ring (bicyclic) bond motifs is 2. The Kier molecular flexibility index (Phi) is 5.36. The summed E-state index contributed by atoms with van der Waals surface area (Å²) < 4.78 is 5.33. The van der Waals surface area contributed by atoms with Crippen LogP contribution in [0.2, 0.25) is 0 Å². The first-order valence-corrected chi connectivity index (χ1v) is 10.2. The molecule has 3 saturated heterocycles. The summed E-state index contributed by atoms with van der Waals surface area (Å²) in [5, 5.41) is 5.75. The van der Waals surface area contributed by atoms with Gasteiger partial charge in [-0.05, 0) is 18.9 Å². The molecule has 4 atom stereocenters. The summed E-state index contributed by atoms with van der Waals surface area (Å²) in [7, 11) is 1.55. The number of carbonyl (C=O) groups excluding carboxylic acids is 4. The summed E-state index contributed by atoms with van der Waals surface area (Å²) in [6.45, 7) is 2.09. The second-order valence-electron chi connectivity index (χ2n) is 8.06. The molecule has 0 saturated carbocycles. The van der Waals surface area contributed by atoms with Crippen LogP contribution < -0.4 is 15.4 Å². The van der Waals surface area contributed by atoms with Gasteiger partial charge in [0, 0.05) is 31.6 Å². The second-order valence-corrected chi connectivity index (χ2v) is 8.06.